The van der Waals surface area contributed by atoms with Crippen molar-refractivity contribution < 1.29 is 9.25 Å². The Morgan fingerprint density at radius 3 is 2.23 bits per heavy atom. The summed E-state index contributed by atoms with van der Waals surface area (Å²) in [7, 11) is 4.19. The zero-order valence-corrected chi connectivity index (χ0v) is 16.2. The van der Waals surface area contributed by atoms with Crippen molar-refractivity contribution >= 4 is 17.2 Å². The Morgan fingerprint density at radius 2 is 1.58 bits per heavy atom. The number of hydrogen-bond donors (Lipinski definition) is 0. The molecule has 1 aliphatic rings. The molecule has 3 heterocycles. The highest BCUT2D eigenvalue weighted by Crippen LogP contribution is 2.43. The largest absolute Gasteiger partial charge is 0.334 e. The molecule has 0 saturated heterocycles. The van der Waals surface area contributed by atoms with Gasteiger partial charge in [0.25, 0.3) is 5.82 Å². The third kappa shape index (κ3) is 2.38. The van der Waals surface area contributed by atoms with Gasteiger partial charge >= 0.3 is 0 Å². The van der Waals surface area contributed by atoms with Gasteiger partial charge in [0.2, 0.25) is 12.0 Å². The molecule has 4 rings (SSSR count). The van der Waals surface area contributed by atoms with E-state index in [0.29, 0.717) is 6.04 Å². The lowest BCUT2D eigenvalue weighted by Gasteiger charge is -2.30. The lowest BCUT2D eigenvalue weighted by Crippen LogP contribution is -2.50. The Labute approximate surface area is 155 Å². The van der Waals surface area contributed by atoms with Crippen LogP contribution in [0.1, 0.15) is 20.8 Å². The molecular formula is C21H27N5+2. The molecule has 0 amide bonds. The van der Waals surface area contributed by atoms with Crippen LogP contribution in [0.4, 0.5) is 17.2 Å². The molecule has 1 aromatic carbocycles. The summed E-state index contributed by atoms with van der Waals surface area (Å²) in [5.41, 5.74) is 2.56. The zero-order chi connectivity index (χ0) is 18.4. The van der Waals surface area contributed by atoms with Crippen LogP contribution in [0.2, 0.25) is 0 Å². The summed E-state index contributed by atoms with van der Waals surface area (Å²) >= 11 is 0. The van der Waals surface area contributed by atoms with Crippen LogP contribution in [0.5, 0.6) is 0 Å². The SMILES string of the molecule is CC(C)N1c2ccccc2N(c2cccc(-n3ccc[n+]3C)[n+]2C)[C@@H]1C. The highest BCUT2D eigenvalue weighted by molar-refractivity contribution is 5.82. The third-order valence-corrected chi connectivity index (χ3v) is 5.28. The molecular weight excluding hydrogens is 322 g/mol. The quantitative estimate of drug-likeness (QED) is 0.677. The molecule has 5 nitrogen and oxygen atoms in total. The van der Waals surface area contributed by atoms with Crippen molar-refractivity contribution in [3.8, 4) is 5.82 Å². The van der Waals surface area contributed by atoms with Gasteiger partial charge in [-0.15, -0.1) is 0 Å². The minimum absolute atomic E-state index is 0.257. The Hall–Kier alpha value is -2.82. The average Bonchev–Trinajstić information content (AvgIpc) is 3.16. The molecule has 0 saturated carbocycles. The molecule has 5 heteroatoms. The second-order valence-electron chi connectivity index (χ2n) is 7.20. The van der Waals surface area contributed by atoms with Gasteiger partial charge in [-0.1, -0.05) is 16.8 Å². The summed E-state index contributed by atoms with van der Waals surface area (Å²) < 4.78 is 6.49. The predicted octanol–water partition coefficient (Wildman–Crippen LogP) is 2.84. The summed E-state index contributed by atoms with van der Waals surface area (Å²) in [5, 5.41) is 0. The van der Waals surface area contributed by atoms with Crippen molar-refractivity contribution in [3.05, 3.63) is 60.9 Å². The molecule has 3 aromatic rings. The number of aryl methyl sites for hydroxylation is 1. The maximum Gasteiger partial charge on any atom is 0.289 e. The Bertz CT molecular complexity index is 943. The van der Waals surface area contributed by atoms with Crippen molar-refractivity contribution in [1.82, 2.24) is 4.68 Å². The average molecular weight is 349 g/mol. The minimum atomic E-state index is 0.257. The van der Waals surface area contributed by atoms with Gasteiger partial charge in [-0.2, -0.15) is 0 Å². The molecule has 2 aromatic heterocycles. The van der Waals surface area contributed by atoms with Gasteiger partial charge in [-0.3, -0.25) is 0 Å². The van der Waals surface area contributed by atoms with Crippen LogP contribution in [0, 0.1) is 0 Å². The zero-order valence-electron chi connectivity index (χ0n) is 16.2. The van der Waals surface area contributed by atoms with Crippen LogP contribution >= 0.6 is 0 Å². The van der Waals surface area contributed by atoms with Crippen molar-refractivity contribution in [2.24, 2.45) is 14.1 Å². The highest BCUT2D eigenvalue weighted by atomic mass is 15.5. The molecule has 0 radical (unpaired) electrons. The second kappa shape index (κ2) is 6.16. The van der Waals surface area contributed by atoms with E-state index in [1.165, 1.54) is 17.2 Å². The van der Waals surface area contributed by atoms with Gasteiger partial charge < -0.3 is 4.90 Å². The Kier molecular flexibility index (Phi) is 3.94. The van der Waals surface area contributed by atoms with Crippen molar-refractivity contribution in [2.45, 2.75) is 33.0 Å². The molecule has 134 valence electrons. The molecule has 0 N–H and O–H groups in total. The summed E-state index contributed by atoms with van der Waals surface area (Å²) in [4.78, 5) is 4.92. The monoisotopic (exact) mass is 349 g/mol. The summed E-state index contributed by atoms with van der Waals surface area (Å²) in [6.45, 7) is 6.79. The maximum atomic E-state index is 2.48. The van der Waals surface area contributed by atoms with E-state index in [1.54, 1.807) is 0 Å². The van der Waals surface area contributed by atoms with Crippen LogP contribution in [-0.2, 0) is 14.1 Å². The van der Waals surface area contributed by atoms with E-state index in [-0.39, 0.29) is 6.17 Å². The van der Waals surface area contributed by atoms with Crippen LogP contribution < -0.4 is 19.0 Å². The fraction of sp³-hybridized carbons (Fsp3) is 0.333. The third-order valence-electron chi connectivity index (χ3n) is 5.28. The van der Waals surface area contributed by atoms with Crippen molar-refractivity contribution in [2.75, 3.05) is 9.80 Å². The molecule has 0 fully saturated rings. The number of hydrogen-bond acceptors (Lipinski definition) is 2. The van der Waals surface area contributed by atoms with Crippen LogP contribution in [0.15, 0.2) is 60.9 Å². The van der Waals surface area contributed by atoms with Gasteiger partial charge in [-0.25, -0.2) is 9.47 Å². The van der Waals surface area contributed by atoms with E-state index in [9.17, 15) is 0 Å². The first-order valence-electron chi connectivity index (χ1n) is 9.20. The summed E-state index contributed by atoms with van der Waals surface area (Å²) in [6.07, 6.45) is 4.40. The number of anilines is 3. The first-order chi connectivity index (χ1) is 12.5. The first-order valence-corrected chi connectivity index (χ1v) is 9.20. The minimum Gasteiger partial charge on any atom is -0.334 e. The number of para-hydroxylation sites is 2. The smallest absolute Gasteiger partial charge is 0.289 e. The number of rotatable bonds is 3. The topological polar surface area (TPSA) is 19.2 Å². The molecule has 0 spiro atoms. The van der Waals surface area contributed by atoms with Crippen LogP contribution in [-0.4, -0.2) is 16.9 Å². The molecule has 1 atom stereocenters. The van der Waals surface area contributed by atoms with Gasteiger partial charge in [0.15, 0.2) is 13.2 Å². The van der Waals surface area contributed by atoms with Crippen LogP contribution in [0.3, 0.4) is 0 Å². The standard InChI is InChI=1S/C21H27N5/c1-16(2)25-17(3)26(19-11-7-6-10-18(19)25)21-13-8-12-20(23(21)5)24-15-9-14-22(24)4/h6-17H,1-5H3/q+2/t17-/m1/s1. The second-order valence-corrected chi connectivity index (χ2v) is 7.20. The van der Waals surface area contributed by atoms with Crippen molar-refractivity contribution in [1.29, 1.82) is 0 Å². The molecule has 0 bridgehead atoms. The number of pyridine rings is 1. The normalized spacial score (nSPS) is 16.5. The lowest BCUT2D eigenvalue weighted by molar-refractivity contribution is -0.763. The van der Waals surface area contributed by atoms with Gasteiger partial charge in [0.1, 0.15) is 11.9 Å². The van der Waals surface area contributed by atoms with E-state index >= 15 is 0 Å². The lowest BCUT2D eigenvalue weighted by atomic mass is 10.2. The molecule has 0 unspecified atom stereocenters. The first kappa shape index (κ1) is 16.6. The van der Waals surface area contributed by atoms with Gasteiger partial charge in [0, 0.05) is 24.2 Å². The fourth-order valence-corrected chi connectivity index (χ4v) is 4.13. The maximum absolute atomic E-state index is 2.48. The van der Waals surface area contributed by atoms with Crippen molar-refractivity contribution in [3.63, 3.8) is 0 Å². The fourth-order valence-electron chi connectivity index (χ4n) is 4.13. The van der Waals surface area contributed by atoms with Gasteiger partial charge in [0.05, 0.1) is 12.7 Å². The predicted molar refractivity (Wildman–Crippen MR) is 104 cm³/mol. The Morgan fingerprint density at radius 1 is 0.885 bits per heavy atom. The number of fused-ring (bicyclic) bond motifs is 1. The number of aromatic nitrogens is 3. The van der Waals surface area contributed by atoms with E-state index in [4.69, 9.17) is 0 Å². The molecule has 26 heavy (non-hydrogen) atoms. The van der Waals surface area contributed by atoms with E-state index < -0.39 is 0 Å². The van der Waals surface area contributed by atoms with E-state index in [0.717, 1.165) is 5.82 Å². The van der Waals surface area contributed by atoms with Gasteiger partial charge in [-0.05, 0) is 43.7 Å². The van der Waals surface area contributed by atoms with E-state index in [1.807, 2.05) is 0 Å². The number of nitrogens with zero attached hydrogens (tertiary/aromatic N) is 5. The summed E-state index contributed by atoms with van der Waals surface area (Å²) in [5.74, 6) is 2.31. The highest BCUT2D eigenvalue weighted by Gasteiger charge is 2.40. The molecule has 1 aliphatic heterocycles. The van der Waals surface area contributed by atoms with Crippen LogP contribution in [0.25, 0.3) is 5.82 Å². The van der Waals surface area contributed by atoms with E-state index in [2.05, 4.69) is 120 Å². The Balaban J connectivity index is 1.88. The number of benzene rings is 1. The molecule has 0 aliphatic carbocycles. The summed E-state index contributed by atoms with van der Waals surface area (Å²) in [6, 6.07) is 17.7.